The van der Waals surface area contributed by atoms with Gasteiger partial charge in [-0.2, -0.15) is 0 Å². The fraction of sp³-hybridized carbons (Fsp3) is 0.417. The van der Waals surface area contributed by atoms with Crippen molar-refractivity contribution >= 4 is 21.6 Å². The molecule has 1 spiro atoms. The van der Waals surface area contributed by atoms with Gasteiger partial charge < -0.3 is 9.84 Å². The van der Waals surface area contributed by atoms with E-state index in [1.54, 1.807) is 12.1 Å². The number of carbonyl (C=O) groups excluding carboxylic acids is 1. The number of phenolic OH excluding ortho intramolecular Hbond substituents is 1. The van der Waals surface area contributed by atoms with Crippen LogP contribution >= 0.6 is 0 Å². The standard InChI is InChI=1S/C12H13NO5S/c14-10-3-1-2-9(6-10)13-7-12(18-11(13)15)4-5-19(16,17)8-12/h1-3,6,14H,4-5,7-8H2. The number of nitrogens with zero attached hydrogens (tertiary/aromatic N) is 1. The van der Waals surface area contributed by atoms with Crippen molar-refractivity contribution in [2.75, 3.05) is 23.0 Å². The first-order chi connectivity index (χ1) is 8.89. The molecule has 1 amide bonds. The van der Waals surface area contributed by atoms with Crippen LogP contribution in [-0.4, -0.2) is 43.3 Å². The van der Waals surface area contributed by atoms with Gasteiger partial charge in [-0.25, -0.2) is 13.2 Å². The van der Waals surface area contributed by atoms with Gasteiger partial charge in [0.15, 0.2) is 9.84 Å². The first-order valence-corrected chi connectivity index (χ1v) is 7.71. The Labute approximate surface area is 110 Å². The van der Waals surface area contributed by atoms with Gasteiger partial charge >= 0.3 is 6.09 Å². The van der Waals surface area contributed by atoms with Gasteiger partial charge in [-0.3, -0.25) is 4.90 Å². The minimum atomic E-state index is -3.13. The van der Waals surface area contributed by atoms with Crippen molar-refractivity contribution in [3.8, 4) is 5.75 Å². The zero-order chi connectivity index (χ0) is 13.7. The number of rotatable bonds is 1. The lowest BCUT2D eigenvalue weighted by molar-refractivity contribution is 0.0779. The molecule has 0 bridgehead atoms. The van der Waals surface area contributed by atoms with Gasteiger partial charge in [0, 0.05) is 12.5 Å². The zero-order valence-electron chi connectivity index (χ0n) is 10.1. The van der Waals surface area contributed by atoms with Gasteiger partial charge in [0.05, 0.1) is 23.7 Å². The highest BCUT2D eigenvalue weighted by Gasteiger charge is 2.52. The lowest BCUT2D eigenvalue weighted by atomic mass is 10.0. The van der Waals surface area contributed by atoms with Crippen LogP contribution in [0.1, 0.15) is 6.42 Å². The van der Waals surface area contributed by atoms with Gasteiger partial charge in [-0.1, -0.05) is 6.07 Å². The minimum absolute atomic E-state index is 0.0466. The fourth-order valence-corrected chi connectivity index (χ4v) is 4.50. The maximum atomic E-state index is 11.9. The van der Waals surface area contributed by atoms with Crippen LogP contribution < -0.4 is 4.90 Å². The summed E-state index contributed by atoms with van der Waals surface area (Å²) in [5.41, 5.74) is -0.423. The van der Waals surface area contributed by atoms with Crippen molar-refractivity contribution in [2.45, 2.75) is 12.0 Å². The van der Waals surface area contributed by atoms with Crippen molar-refractivity contribution in [3.05, 3.63) is 24.3 Å². The first kappa shape index (κ1) is 12.3. The van der Waals surface area contributed by atoms with Crippen molar-refractivity contribution in [2.24, 2.45) is 0 Å². The predicted octanol–water partition coefficient (Wildman–Crippen LogP) is 0.906. The van der Waals surface area contributed by atoms with E-state index in [1.807, 2.05) is 0 Å². The van der Waals surface area contributed by atoms with Crippen molar-refractivity contribution in [3.63, 3.8) is 0 Å². The summed E-state index contributed by atoms with van der Waals surface area (Å²) >= 11 is 0. The summed E-state index contributed by atoms with van der Waals surface area (Å²) in [5, 5.41) is 9.42. The molecule has 102 valence electrons. The second-order valence-corrected chi connectivity index (χ2v) is 7.18. The van der Waals surface area contributed by atoms with Crippen LogP contribution in [0, 0.1) is 0 Å². The van der Waals surface area contributed by atoms with Crippen LogP contribution in [0.5, 0.6) is 5.75 Å². The normalized spacial score (nSPS) is 28.8. The third-order valence-electron chi connectivity index (χ3n) is 3.46. The van der Waals surface area contributed by atoms with E-state index in [4.69, 9.17) is 4.74 Å². The van der Waals surface area contributed by atoms with Crippen molar-refractivity contribution in [1.29, 1.82) is 0 Å². The van der Waals surface area contributed by atoms with Crippen LogP contribution in [-0.2, 0) is 14.6 Å². The Kier molecular flexibility index (Phi) is 2.50. The van der Waals surface area contributed by atoms with E-state index in [9.17, 15) is 18.3 Å². The van der Waals surface area contributed by atoms with Crippen LogP contribution in [0.2, 0.25) is 0 Å². The van der Waals surface area contributed by atoms with E-state index in [2.05, 4.69) is 0 Å². The van der Waals surface area contributed by atoms with Crippen molar-refractivity contribution < 1.29 is 23.1 Å². The van der Waals surface area contributed by atoms with Gasteiger partial charge in [0.1, 0.15) is 11.4 Å². The van der Waals surface area contributed by atoms with E-state index in [1.165, 1.54) is 17.0 Å². The number of phenols is 1. The predicted molar refractivity (Wildman–Crippen MR) is 67.9 cm³/mol. The second-order valence-electron chi connectivity index (χ2n) is 5.00. The third-order valence-corrected chi connectivity index (χ3v) is 5.26. The average Bonchev–Trinajstić information content (AvgIpc) is 2.79. The molecule has 1 unspecified atom stereocenters. The van der Waals surface area contributed by atoms with Gasteiger partial charge in [-0.15, -0.1) is 0 Å². The Balaban J connectivity index is 1.89. The Morgan fingerprint density at radius 1 is 1.37 bits per heavy atom. The van der Waals surface area contributed by atoms with Crippen LogP contribution in [0.25, 0.3) is 0 Å². The van der Waals surface area contributed by atoms with Gasteiger partial charge in [-0.05, 0) is 12.1 Å². The Hall–Kier alpha value is -1.76. The quantitative estimate of drug-likeness (QED) is 0.828. The number of carbonyl (C=O) groups is 1. The van der Waals surface area contributed by atoms with Crippen LogP contribution in [0.15, 0.2) is 24.3 Å². The molecule has 1 N–H and O–H groups in total. The van der Waals surface area contributed by atoms with Gasteiger partial charge in [0.25, 0.3) is 0 Å². The number of benzene rings is 1. The molecule has 1 atom stereocenters. The molecular weight excluding hydrogens is 270 g/mol. The van der Waals surface area contributed by atoms with E-state index in [0.29, 0.717) is 12.1 Å². The molecule has 2 fully saturated rings. The third kappa shape index (κ3) is 2.14. The molecule has 0 aliphatic carbocycles. The summed E-state index contributed by atoms with van der Waals surface area (Å²) in [6, 6.07) is 6.24. The number of sulfone groups is 1. The van der Waals surface area contributed by atoms with E-state index < -0.39 is 21.5 Å². The Morgan fingerprint density at radius 3 is 2.79 bits per heavy atom. The molecular formula is C12H13NO5S. The number of hydrogen-bond acceptors (Lipinski definition) is 5. The van der Waals surface area contributed by atoms with Crippen LogP contribution in [0.4, 0.5) is 10.5 Å². The smallest absolute Gasteiger partial charge is 0.415 e. The van der Waals surface area contributed by atoms with Crippen molar-refractivity contribution in [1.82, 2.24) is 0 Å². The lowest BCUT2D eigenvalue weighted by Crippen LogP contribution is -2.35. The van der Waals surface area contributed by atoms with E-state index in [0.717, 1.165) is 0 Å². The largest absolute Gasteiger partial charge is 0.508 e. The highest BCUT2D eigenvalue weighted by molar-refractivity contribution is 7.91. The molecule has 0 aromatic heterocycles. The molecule has 19 heavy (non-hydrogen) atoms. The Bertz CT molecular complexity index is 641. The average molecular weight is 283 g/mol. The summed E-state index contributed by atoms with van der Waals surface area (Å²) < 4.78 is 28.4. The molecule has 3 rings (SSSR count). The monoisotopic (exact) mass is 283 g/mol. The summed E-state index contributed by atoms with van der Waals surface area (Å²) in [6.45, 7) is 0.203. The number of anilines is 1. The van der Waals surface area contributed by atoms with E-state index >= 15 is 0 Å². The summed E-state index contributed by atoms with van der Waals surface area (Å²) in [7, 11) is -3.13. The molecule has 1 aromatic carbocycles. The summed E-state index contributed by atoms with van der Waals surface area (Å²) in [6.07, 6.45) is -0.237. The maximum Gasteiger partial charge on any atom is 0.415 e. The minimum Gasteiger partial charge on any atom is -0.508 e. The molecule has 2 aliphatic heterocycles. The maximum absolute atomic E-state index is 11.9. The summed E-state index contributed by atoms with van der Waals surface area (Å²) in [5.74, 6) is -0.0276. The molecule has 7 heteroatoms. The molecule has 0 radical (unpaired) electrons. The fourth-order valence-electron chi connectivity index (χ4n) is 2.57. The van der Waals surface area contributed by atoms with Gasteiger partial charge in [0.2, 0.25) is 0 Å². The second kappa shape index (κ2) is 3.86. The zero-order valence-corrected chi connectivity index (χ0v) is 10.9. The number of amides is 1. The lowest BCUT2D eigenvalue weighted by Gasteiger charge is -2.18. The van der Waals surface area contributed by atoms with Crippen LogP contribution in [0.3, 0.4) is 0 Å². The first-order valence-electron chi connectivity index (χ1n) is 5.89. The number of aromatic hydroxyl groups is 1. The molecule has 2 aliphatic rings. The number of ether oxygens (including phenoxy) is 1. The Morgan fingerprint density at radius 2 is 2.16 bits per heavy atom. The molecule has 2 saturated heterocycles. The van der Waals surface area contributed by atoms with E-state index in [-0.39, 0.29) is 23.8 Å². The topological polar surface area (TPSA) is 83.9 Å². The molecule has 1 aromatic rings. The summed E-state index contributed by atoms with van der Waals surface area (Å²) in [4.78, 5) is 13.2. The molecule has 2 heterocycles. The number of hydrogen-bond donors (Lipinski definition) is 1. The molecule has 0 saturated carbocycles. The SMILES string of the molecule is O=C1OC2(CCS(=O)(=O)C2)CN1c1cccc(O)c1. The highest BCUT2D eigenvalue weighted by Crippen LogP contribution is 2.36. The highest BCUT2D eigenvalue weighted by atomic mass is 32.2. The molecule has 6 nitrogen and oxygen atoms in total.